The summed E-state index contributed by atoms with van der Waals surface area (Å²) >= 11 is 1.89. The zero-order valence-electron chi connectivity index (χ0n) is 10.7. The molecule has 0 aliphatic carbocycles. The standard InChI is InChI=1S/C13H23NOS/c1-5-11-7-8-13(16-11)12(14-6-2)9-15-10(3)4/h7-8,10,12,14H,5-6,9H2,1-4H3. The molecule has 0 aliphatic heterocycles. The maximum Gasteiger partial charge on any atom is 0.0672 e. The van der Waals surface area contributed by atoms with Crippen molar-refractivity contribution < 1.29 is 4.74 Å². The summed E-state index contributed by atoms with van der Waals surface area (Å²) in [5, 5.41) is 3.48. The highest BCUT2D eigenvalue weighted by molar-refractivity contribution is 7.12. The van der Waals surface area contributed by atoms with Crippen LogP contribution in [0.3, 0.4) is 0 Å². The van der Waals surface area contributed by atoms with E-state index in [1.54, 1.807) is 0 Å². The Hall–Kier alpha value is -0.380. The van der Waals surface area contributed by atoms with Crippen LogP contribution in [-0.4, -0.2) is 19.3 Å². The monoisotopic (exact) mass is 241 g/mol. The van der Waals surface area contributed by atoms with Gasteiger partial charge in [-0.3, -0.25) is 0 Å². The minimum absolute atomic E-state index is 0.298. The van der Waals surface area contributed by atoms with Crippen LogP contribution in [0.1, 0.15) is 43.5 Å². The number of nitrogens with one attached hydrogen (secondary N) is 1. The van der Waals surface area contributed by atoms with Crippen molar-refractivity contribution in [3.63, 3.8) is 0 Å². The highest BCUT2D eigenvalue weighted by atomic mass is 32.1. The van der Waals surface area contributed by atoms with E-state index >= 15 is 0 Å². The third-order valence-electron chi connectivity index (χ3n) is 2.42. The van der Waals surface area contributed by atoms with Crippen LogP contribution in [0.4, 0.5) is 0 Å². The summed E-state index contributed by atoms with van der Waals surface area (Å²) in [5.74, 6) is 0. The van der Waals surface area contributed by atoms with Gasteiger partial charge in [-0.05, 0) is 38.9 Å². The number of ether oxygens (including phenoxy) is 1. The number of aryl methyl sites for hydroxylation is 1. The lowest BCUT2D eigenvalue weighted by molar-refractivity contribution is 0.0621. The van der Waals surface area contributed by atoms with E-state index < -0.39 is 0 Å². The summed E-state index contributed by atoms with van der Waals surface area (Å²) in [6.07, 6.45) is 1.42. The van der Waals surface area contributed by atoms with Gasteiger partial charge >= 0.3 is 0 Å². The van der Waals surface area contributed by atoms with E-state index in [1.165, 1.54) is 9.75 Å². The molecule has 92 valence electrons. The number of rotatable bonds is 7. The van der Waals surface area contributed by atoms with Crippen LogP contribution in [-0.2, 0) is 11.2 Å². The molecule has 1 atom stereocenters. The lowest BCUT2D eigenvalue weighted by Gasteiger charge is -2.18. The zero-order chi connectivity index (χ0) is 12.0. The van der Waals surface area contributed by atoms with E-state index in [9.17, 15) is 0 Å². The average Bonchev–Trinajstić information content (AvgIpc) is 2.72. The van der Waals surface area contributed by atoms with Gasteiger partial charge in [0.15, 0.2) is 0 Å². The fourth-order valence-corrected chi connectivity index (χ4v) is 2.56. The van der Waals surface area contributed by atoms with Crippen molar-refractivity contribution in [2.45, 2.75) is 46.3 Å². The Kier molecular flexibility index (Phi) is 6.03. The molecule has 3 heteroatoms. The molecule has 0 saturated carbocycles. The Morgan fingerprint density at radius 2 is 2.06 bits per heavy atom. The number of thiophene rings is 1. The van der Waals surface area contributed by atoms with Gasteiger partial charge in [-0.2, -0.15) is 0 Å². The van der Waals surface area contributed by atoms with Crippen LogP contribution in [0.15, 0.2) is 12.1 Å². The first-order valence-electron chi connectivity index (χ1n) is 6.10. The van der Waals surface area contributed by atoms with Crippen molar-refractivity contribution in [1.82, 2.24) is 5.32 Å². The Bertz CT molecular complexity index is 296. The Balaban J connectivity index is 2.60. The topological polar surface area (TPSA) is 21.3 Å². The van der Waals surface area contributed by atoms with Crippen molar-refractivity contribution >= 4 is 11.3 Å². The quantitative estimate of drug-likeness (QED) is 0.790. The maximum absolute atomic E-state index is 5.70. The van der Waals surface area contributed by atoms with Gasteiger partial charge in [0, 0.05) is 9.75 Å². The molecule has 1 rings (SSSR count). The first-order chi connectivity index (χ1) is 7.67. The van der Waals surface area contributed by atoms with Gasteiger partial charge in [-0.25, -0.2) is 0 Å². The minimum Gasteiger partial charge on any atom is -0.377 e. The fourth-order valence-electron chi connectivity index (χ4n) is 1.55. The molecule has 0 aliphatic rings. The summed E-state index contributed by atoms with van der Waals surface area (Å²) in [6, 6.07) is 4.79. The van der Waals surface area contributed by atoms with E-state index in [1.807, 2.05) is 11.3 Å². The van der Waals surface area contributed by atoms with Crippen LogP contribution in [0.2, 0.25) is 0 Å². The molecule has 1 aromatic rings. The number of hydrogen-bond acceptors (Lipinski definition) is 3. The molecule has 2 nitrogen and oxygen atoms in total. The van der Waals surface area contributed by atoms with E-state index in [0.717, 1.165) is 19.6 Å². The van der Waals surface area contributed by atoms with E-state index in [-0.39, 0.29) is 0 Å². The van der Waals surface area contributed by atoms with Crippen LogP contribution in [0, 0.1) is 0 Å². The van der Waals surface area contributed by atoms with E-state index in [0.29, 0.717) is 12.1 Å². The van der Waals surface area contributed by atoms with Crippen molar-refractivity contribution in [1.29, 1.82) is 0 Å². The number of hydrogen-bond donors (Lipinski definition) is 1. The summed E-state index contributed by atoms with van der Waals surface area (Å²) in [4.78, 5) is 2.84. The molecule has 0 spiro atoms. The zero-order valence-corrected chi connectivity index (χ0v) is 11.6. The van der Waals surface area contributed by atoms with Crippen molar-refractivity contribution in [3.8, 4) is 0 Å². The first kappa shape index (κ1) is 13.7. The van der Waals surface area contributed by atoms with Crippen LogP contribution in [0.5, 0.6) is 0 Å². The minimum atomic E-state index is 0.298. The molecule has 1 unspecified atom stereocenters. The maximum atomic E-state index is 5.70. The Labute approximate surface area is 103 Å². The lowest BCUT2D eigenvalue weighted by atomic mass is 10.2. The molecule has 0 fully saturated rings. The molecular formula is C13H23NOS. The Morgan fingerprint density at radius 1 is 1.31 bits per heavy atom. The fraction of sp³-hybridized carbons (Fsp3) is 0.692. The summed E-state index contributed by atoms with van der Waals surface area (Å²) in [7, 11) is 0. The molecule has 1 aromatic heterocycles. The summed E-state index contributed by atoms with van der Waals surface area (Å²) in [6.45, 7) is 10.2. The second-order valence-electron chi connectivity index (χ2n) is 4.15. The second-order valence-corrected chi connectivity index (χ2v) is 5.35. The molecular weight excluding hydrogens is 218 g/mol. The van der Waals surface area contributed by atoms with Crippen molar-refractivity contribution in [2.75, 3.05) is 13.2 Å². The first-order valence-corrected chi connectivity index (χ1v) is 6.92. The highest BCUT2D eigenvalue weighted by Gasteiger charge is 2.13. The van der Waals surface area contributed by atoms with Crippen LogP contribution in [0.25, 0.3) is 0 Å². The van der Waals surface area contributed by atoms with Gasteiger partial charge in [-0.1, -0.05) is 13.8 Å². The Morgan fingerprint density at radius 3 is 2.56 bits per heavy atom. The third kappa shape index (κ3) is 4.24. The smallest absolute Gasteiger partial charge is 0.0672 e. The van der Waals surface area contributed by atoms with Gasteiger partial charge in [0.05, 0.1) is 18.8 Å². The predicted molar refractivity (Wildman–Crippen MR) is 71.2 cm³/mol. The molecule has 0 bridgehead atoms. The van der Waals surface area contributed by atoms with Crippen molar-refractivity contribution in [2.24, 2.45) is 0 Å². The van der Waals surface area contributed by atoms with Crippen LogP contribution >= 0.6 is 11.3 Å². The third-order valence-corrected chi connectivity index (χ3v) is 3.76. The van der Waals surface area contributed by atoms with Crippen LogP contribution < -0.4 is 5.32 Å². The highest BCUT2D eigenvalue weighted by Crippen LogP contribution is 2.24. The molecule has 0 saturated heterocycles. The molecule has 0 amide bonds. The van der Waals surface area contributed by atoms with Gasteiger partial charge in [0.1, 0.15) is 0 Å². The summed E-state index contributed by atoms with van der Waals surface area (Å²) in [5.41, 5.74) is 0. The number of likely N-dealkylation sites (N-methyl/N-ethyl adjacent to an activating group) is 1. The normalized spacial score (nSPS) is 13.3. The molecule has 1 heterocycles. The average molecular weight is 241 g/mol. The van der Waals surface area contributed by atoms with E-state index in [2.05, 4.69) is 45.1 Å². The molecule has 16 heavy (non-hydrogen) atoms. The van der Waals surface area contributed by atoms with Gasteiger partial charge < -0.3 is 10.1 Å². The molecule has 1 N–H and O–H groups in total. The van der Waals surface area contributed by atoms with Crippen molar-refractivity contribution in [3.05, 3.63) is 21.9 Å². The predicted octanol–water partition coefficient (Wildman–Crippen LogP) is 3.39. The van der Waals surface area contributed by atoms with Gasteiger partial charge in [0.25, 0.3) is 0 Å². The molecule has 0 radical (unpaired) electrons. The molecule has 0 aromatic carbocycles. The second kappa shape index (κ2) is 7.05. The van der Waals surface area contributed by atoms with E-state index in [4.69, 9.17) is 4.74 Å². The van der Waals surface area contributed by atoms with Gasteiger partial charge in [-0.15, -0.1) is 11.3 Å². The largest absolute Gasteiger partial charge is 0.377 e. The summed E-state index contributed by atoms with van der Waals surface area (Å²) < 4.78 is 5.70. The van der Waals surface area contributed by atoms with Gasteiger partial charge in [0.2, 0.25) is 0 Å². The SMILES string of the molecule is CCNC(COC(C)C)c1ccc(CC)s1. The lowest BCUT2D eigenvalue weighted by Crippen LogP contribution is -2.25.